The van der Waals surface area contributed by atoms with Crippen LogP contribution >= 0.6 is 0 Å². The van der Waals surface area contributed by atoms with E-state index in [1.54, 1.807) is 12.1 Å². The number of sulfonamides is 1. The summed E-state index contributed by atoms with van der Waals surface area (Å²) in [6.07, 6.45) is 6.38. The zero-order valence-corrected chi connectivity index (χ0v) is 19.6. The van der Waals surface area contributed by atoms with E-state index in [0.717, 1.165) is 31.2 Å². The second-order valence-corrected chi connectivity index (χ2v) is 9.94. The number of hydrogen-bond acceptors (Lipinski definition) is 5. The molecule has 1 aliphatic carbocycles. The number of carbonyl (C=O) groups is 1. The molecule has 0 radical (unpaired) electrons. The van der Waals surface area contributed by atoms with Crippen LogP contribution in [0.15, 0.2) is 53.4 Å². The Morgan fingerprint density at radius 1 is 1.00 bits per heavy atom. The molecule has 1 N–H and O–H groups in total. The summed E-state index contributed by atoms with van der Waals surface area (Å²) in [6.45, 7) is -0.199. The molecule has 3 rings (SSSR count). The van der Waals surface area contributed by atoms with Crippen LogP contribution in [0.25, 0.3) is 0 Å². The number of nitrogens with zero attached hydrogens (tertiary/aromatic N) is 1. The fraction of sp³-hybridized carbons (Fsp3) is 0.458. The fourth-order valence-electron chi connectivity index (χ4n) is 3.99. The normalized spacial score (nSPS) is 15.2. The van der Waals surface area contributed by atoms with Crippen LogP contribution in [0.1, 0.15) is 44.1 Å². The molecule has 2 aromatic carbocycles. The number of carbonyl (C=O) groups excluding carboxylic acids is 1. The lowest BCUT2D eigenvalue weighted by molar-refractivity contribution is -0.122. The molecule has 7 nitrogen and oxygen atoms in total. The van der Waals surface area contributed by atoms with Gasteiger partial charge in [0.1, 0.15) is 16.4 Å². The van der Waals surface area contributed by atoms with Crippen LogP contribution in [0, 0.1) is 0 Å². The van der Waals surface area contributed by atoms with Gasteiger partial charge in [0.2, 0.25) is 15.9 Å². The molecule has 0 saturated heterocycles. The number of amides is 1. The summed E-state index contributed by atoms with van der Waals surface area (Å²) in [6, 6.07) is 14.0. The molecule has 0 aliphatic heterocycles. The highest BCUT2D eigenvalue weighted by Crippen LogP contribution is 2.31. The molecule has 0 spiro atoms. The van der Waals surface area contributed by atoms with Crippen molar-refractivity contribution >= 4 is 15.9 Å². The smallest absolute Gasteiger partial charge is 0.247 e. The zero-order chi connectivity index (χ0) is 23.0. The molecule has 1 amide bonds. The first kappa shape index (κ1) is 24.1. The van der Waals surface area contributed by atoms with Crippen LogP contribution in [-0.4, -0.2) is 45.4 Å². The lowest BCUT2D eigenvalue weighted by Gasteiger charge is -2.24. The number of methoxy groups -OCH3 is 2. The summed E-state index contributed by atoms with van der Waals surface area (Å²) in [7, 11) is -1.16. The van der Waals surface area contributed by atoms with E-state index in [1.807, 2.05) is 30.3 Å². The molecule has 0 bridgehead atoms. The quantitative estimate of drug-likeness (QED) is 0.577. The first-order valence-electron chi connectivity index (χ1n) is 11.0. The van der Waals surface area contributed by atoms with Crippen molar-refractivity contribution in [2.75, 3.05) is 20.8 Å². The predicted octanol–water partition coefficient (Wildman–Crippen LogP) is 3.73. The van der Waals surface area contributed by atoms with Gasteiger partial charge in [0.15, 0.2) is 0 Å². The Morgan fingerprint density at radius 2 is 1.69 bits per heavy atom. The van der Waals surface area contributed by atoms with Crippen molar-refractivity contribution in [2.24, 2.45) is 0 Å². The molecule has 174 valence electrons. The maximum absolute atomic E-state index is 13.7. The molecular formula is C24H32N2O5S. The van der Waals surface area contributed by atoms with Crippen molar-refractivity contribution in [3.63, 3.8) is 0 Å². The van der Waals surface area contributed by atoms with Gasteiger partial charge < -0.3 is 14.8 Å². The van der Waals surface area contributed by atoms with Crippen molar-refractivity contribution in [3.05, 3.63) is 54.1 Å². The summed E-state index contributed by atoms with van der Waals surface area (Å²) in [5.41, 5.74) is 0.792. The maximum atomic E-state index is 13.7. The zero-order valence-electron chi connectivity index (χ0n) is 18.7. The first-order valence-corrected chi connectivity index (χ1v) is 12.4. The Balaban J connectivity index is 1.89. The Labute approximate surface area is 190 Å². The summed E-state index contributed by atoms with van der Waals surface area (Å²) in [5.74, 6) is 0.304. The SMILES string of the molecule is COc1ccc(OC)c(S(=O)(=O)N(CC(=O)NC2CCCCCC2)Cc2ccccc2)c1. The molecule has 8 heteroatoms. The third-order valence-corrected chi connectivity index (χ3v) is 7.54. The third-order valence-electron chi connectivity index (χ3n) is 5.73. The van der Waals surface area contributed by atoms with Crippen molar-refractivity contribution in [1.82, 2.24) is 9.62 Å². The minimum atomic E-state index is -4.05. The van der Waals surface area contributed by atoms with Crippen LogP contribution in [-0.2, 0) is 21.4 Å². The van der Waals surface area contributed by atoms with Gasteiger partial charge in [0, 0.05) is 18.7 Å². The second-order valence-electron chi connectivity index (χ2n) is 8.03. The van der Waals surface area contributed by atoms with E-state index in [-0.39, 0.29) is 35.7 Å². The molecular weight excluding hydrogens is 428 g/mol. The van der Waals surface area contributed by atoms with Gasteiger partial charge in [-0.1, -0.05) is 56.0 Å². The van der Waals surface area contributed by atoms with E-state index >= 15 is 0 Å². The monoisotopic (exact) mass is 460 g/mol. The number of benzene rings is 2. The van der Waals surface area contributed by atoms with Crippen molar-refractivity contribution in [2.45, 2.75) is 56.0 Å². The average Bonchev–Trinajstić information content (AvgIpc) is 3.07. The lowest BCUT2D eigenvalue weighted by atomic mass is 10.1. The Kier molecular flexibility index (Phi) is 8.53. The average molecular weight is 461 g/mol. The van der Waals surface area contributed by atoms with Gasteiger partial charge >= 0.3 is 0 Å². The third kappa shape index (κ3) is 6.23. The molecule has 0 heterocycles. The summed E-state index contributed by atoms with van der Waals surface area (Å²) >= 11 is 0. The lowest BCUT2D eigenvalue weighted by Crippen LogP contribution is -2.43. The van der Waals surface area contributed by atoms with Crippen molar-refractivity contribution in [3.8, 4) is 11.5 Å². The number of nitrogens with one attached hydrogen (secondary N) is 1. The van der Waals surface area contributed by atoms with E-state index in [9.17, 15) is 13.2 Å². The second kappa shape index (κ2) is 11.3. The minimum absolute atomic E-state index is 0.0300. The maximum Gasteiger partial charge on any atom is 0.247 e. The van der Waals surface area contributed by atoms with Crippen molar-refractivity contribution in [1.29, 1.82) is 0 Å². The van der Waals surface area contributed by atoms with Crippen LogP contribution in [0.2, 0.25) is 0 Å². The van der Waals surface area contributed by atoms with E-state index < -0.39 is 10.0 Å². The van der Waals surface area contributed by atoms with Gasteiger partial charge in [-0.25, -0.2) is 8.42 Å². The Hall–Kier alpha value is -2.58. The molecule has 0 aromatic heterocycles. The van der Waals surface area contributed by atoms with Gasteiger partial charge in [0.05, 0.1) is 20.8 Å². The van der Waals surface area contributed by atoms with Gasteiger partial charge in [-0.3, -0.25) is 4.79 Å². The summed E-state index contributed by atoms with van der Waals surface area (Å²) in [5, 5.41) is 3.05. The first-order chi connectivity index (χ1) is 15.4. The minimum Gasteiger partial charge on any atom is -0.497 e. The van der Waals surface area contributed by atoms with Gasteiger partial charge in [-0.2, -0.15) is 4.31 Å². The molecule has 2 aromatic rings. The fourth-order valence-corrected chi connectivity index (χ4v) is 5.55. The Morgan fingerprint density at radius 3 is 2.31 bits per heavy atom. The van der Waals surface area contributed by atoms with Crippen LogP contribution in [0.4, 0.5) is 0 Å². The molecule has 0 atom stereocenters. The van der Waals surface area contributed by atoms with Gasteiger partial charge in [0.25, 0.3) is 0 Å². The van der Waals surface area contributed by atoms with Crippen molar-refractivity contribution < 1.29 is 22.7 Å². The molecule has 1 saturated carbocycles. The standard InChI is InChI=1S/C24H32N2O5S/c1-30-21-14-15-22(31-2)23(16-21)32(28,29)26(17-19-10-6-5-7-11-19)18-24(27)25-20-12-8-3-4-9-13-20/h5-7,10-11,14-16,20H,3-4,8-9,12-13,17-18H2,1-2H3,(H,25,27). The van der Waals surface area contributed by atoms with Gasteiger partial charge in [-0.15, -0.1) is 0 Å². The largest absolute Gasteiger partial charge is 0.497 e. The van der Waals surface area contributed by atoms with E-state index in [0.29, 0.717) is 5.75 Å². The molecule has 1 aliphatic rings. The highest BCUT2D eigenvalue weighted by molar-refractivity contribution is 7.89. The van der Waals surface area contributed by atoms with E-state index in [2.05, 4.69) is 5.32 Å². The van der Waals surface area contributed by atoms with Crippen LogP contribution in [0.3, 0.4) is 0 Å². The summed E-state index contributed by atoms with van der Waals surface area (Å²) in [4.78, 5) is 12.9. The van der Waals surface area contributed by atoms with E-state index in [4.69, 9.17) is 9.47 Å². The number of ether oxygens (including phenoxy) is 2. The van der Waals surface area contributed by atoms with Crippen LogP contribution < -0.4 is 14.8 Å². The highest BCUT2D eigenvalue weighted by Gasteiger charge is 2.31. The highest BCUT2D eigenvalue weighted by atomic mass is 32.2. The Bertz CT molecular complexity index is 987. The number of hydrogen-bond donors (Lipinski definition) is 1. The predicted molar refractivity (Wildman–Crippen MR) is 123 cm³/mol. The summed E-state index contributed by atoms with van der Waals surface area (Å²) < 4.78 is 39.1. The molecule has 0 unspecified atom stereocenters. The topological polar surface area (TPSA) is 84.9 Å². The molecule has 1 fully saturated rings. The van der Waals surface area contributed by atoms with E-state index in [1.165, 1.54) is 37.4 Å². The molecule has 32 heavy (non-hydrogen) atoms. The van der Waals surface area contributed by atoms with Gasteiger partial charge in [-0.05, 0) is 30.5 Å². The van der Waals surface area contributed by atoms with Crippen LogP contribution in [0.5, 0.6) is 11.5 Å². The number of rotatable bonds is 9.